The SMILES string of the molecule is COC(=O)[C@H]1C[C@H](c2ccc(Cl)cc2)N1C(=O)c1ccccc1. The van der Waals surface area contributed by atoms with Crippen LogP contribution in [0.3, 0.4) is 0 Å². The van der Waals surface area contributed by atoms with Crippen LogP contribution in [0.1, 0.15) is 28.4 Å². The lowest BCUT2D eigenvalue weighted by atomic mass is 9.86. The van der Waals surface area contributed by atoms with Gasteiger partial charge in [-0.2, -0.15) is 0 Å². The summed E-state index contributed by atoms with van der Waals surface area (Å²) in [5.41, 5.74) is 1.51. The van der Waals surface area contributed by atoms with E-state index in [0.29, 0.717) is 17.0 Å². The molecule has 0 radical (unpaired) electrons. The van der Waals surface area contributed by atoms with Crippen LogP contribution < -0.4 is 0 Å². The molecule has 1 heterocycles. The first-order valence-corrected chi connectivity index (χ1v) is 7.70. The highest BCUT2D eigenvalue weighted by molar-refractivity contribution is 6.30. The van der Waals surface area contributed by atoms with E-state index in [1.165, 1.54) is 7.11 Å². The van der Waals surface area contributed by atoms with E-state index in [1.807, 2.05) is 18.2 Å². The van der Waals surface area contributed by atoms with Crippen molar-refractivity contribution < 1.29 is 14.3 Å². The Balaban J connectivity index is 1.90. The van der Waals surface area contributed by atoms with Crippen molar-refractivity contribution in [3.05, 3.63) is 70.7 Å². The van der Waals surface area contributed by atoms with E-state index in [1.54, 1.807) is 41.3 Å². The molecule has 0 N–H and O–H groups in total. The van der Waals surface area contributed by atoms with Gasteiger partial charge < -0.3 is 9.64 Å². The van der Waals surface area contributed by atoms with Gasteiger partial charge in [-0.3, -0.25) is 4.79 Å². The monoisotopic (exact) mass is 329 g/mol. The molecule has 0 bridgehead atoms. The smallest absolute Gasteiger partial charge is 0.328 e. The number of amides is 1. The molecule has 1 saturated heterocycles. The van der Waals surface area contributed by atoms with Gasteiger partial charge in [-0.1, -0.05) is 41.9 Å². The van der Waals surface area contributed by atoms with Crippen LogP contribution in [0.2, 0.25) is 5.02 Å². The maximum atomic E-state index is 12.8. The van der Waals surface area contributed by atoms with Crippen LogP contribution in [0.25, 0.3) is 0 Å². The summed E-state index contributed by atoms with van der Waals surface area (Å²) in [4.78, 5) is 26.3. The lowest BCUT2D eigenvalue weighted by Gasteiger charge is -2.47. The highest BCUT2D eigenvalue weighted by atomic mass is 35.5. The first-order chi connectivity index (χ1) is 11.1. The van der Waals surface area contributed by atoms with Gasteiger partial charge in [0, 0.05) is 17.0 Å². The molecule has 1 amide bonds. The number of ether oxygens (including phenoxy) is 1. The Labute approximate surface area is 139 Å². The molecule has 0 aliphatic carbocycles. The highest BCUT2D eigenvalue weighted by Gasteiger charge is 2.47. The Morgan fingerprint density at radius 3 is 2.35 bits per heavy atom. The first kappa shape index (κ1) is 15.6. The van der Waals surface area contributed by atoms with E-state index in [-0.39, 0.29) is 17.9 Å². The molecule has 0 aromatic heterocycles. The molecule has 118 valence electrons. The van der Waals surface area contributed by atoms with E-state index in [0.717, 1.165) is 5.56 Å². The summed E-state index contributed by atoms with van der Waals surface area (Å²) in [5, 5.41) is 0.638. The van der Waals surface area contributed by atoms with E-state index >= 15 is 0 Å². The largest absolute Gasteiger partial charge is 0.467 e. The normalized spacial score (nSPS) is 19.8. The molecule has 2 atom stereocenters. The number of hydrogen-bond donors (Lipinski definition) is 0. The predicted molar refractivity (Wildman–Crippen MR) is 87.2 cm³/mol. The number of esters is 1. The van der Waals surface area contributed by atoms with Crippen molar-refractivity contribution in [3.8, 4) is 0 Å². The van der Waals surface area contributed by atoms with Gasteiger partial charge in [0.05, 0.1) is 13.2 Å². The van der Waals surface area contributed by atoms with E-state index < -0.39 is 6.04 Å². The third kappa shape index (κ3) is 2.94. The second-order valence-corrected chi connectivity index (χ2v) is 5.86. The van der Waals surface area contributed by atoms with Crippen LogP contribution in [-0.2, 0) is 9.53 Å². The second-order valence-electron chi connectivity index (χ2n) is 5.42. The molecular weight excluding hydrogens is 314 g/mol. The van der Waals surface area contributed by atoms with Crippen molar-refractivity contribution in [2.45, 2.75) is 18.5 Å². The van der Waals surface area contributed by atoms with Crippen molar-refractivity contribution in [2.75, 3.05) is 7.11 Å². The number of nitrogens with zero attached hydrogens (tertiary/aromatic N) is 1. The van der Waals surface area contributed by atoms with Gasteiger partial charge in [-0.05, 0) is 29.8 Å². The molecule has 3 rings (SSSR count). The van der Waals surface area contributed by atoms with Gasteiger partial charge in [0.15, 0.2) is 0 Å². The van der Waals surface area contributed by atoms with Crippen LogP contribution in [0.5, 0.6) is 0 Å². The number of carbonyl (C=O) groups excluding carboxylic acids is 2. The number of methoxy groups -OCH3 is 1. The summed E-state index contributed by atoms with van der Waals surface area (Å²) in [6.07, 6.45) is 0.548. The van der Waals surface area contributed by atoms with Crippen LogP contribution in [0.4, 0.5) is 0 Å². The molecule has 0 unspecified atom stereocenters. The minimum absolute atomic E-state index is 0.149. The fourth-order valence-electron chi connectivity index (χ4n) is 2.86. The Hall–Kier alpha value is -2.33. The van der Waals surface area contributed by atoms with Gasteiger partial charge in [-0.15, -0.1) is 0 Å². The second kappa shape index (κ2) is 6.42. The molecule has 1 aliphatic rings. The van der Waals surface area contributed by atoms with Crippen LogP contribution in [0.15, 0.2) is 54.6 Å². The zero-order valence-electron chi connectivity index (χ0n) is 12.6. The number of benzene rings is 2. The fraction of sp³-hybridized carbons (Fsp3) is 0.222. The summed E-state index contributed by atoms with van der Waals surface area (Å²) in [7, 11) is 1.34. The van der Waals surface area contributed by atoms with Crippen molar-refractivity contribution in [3.63, 3.8) is 0 Å². The van der Waals surface area contributed by atoms with Crippen LogP contribution in [0, 0.1) is 0 Å². The maximum absolute atomic E-state index is 12.8. The molecule has 2 aromatic rings. The van der Waals surface area contributed by atoms with Crippen molar-refractivity contribution in [1.82, 2.24) is 4.90 Å². The molecule has 4 nitrogen and oxygen atoms in total. The third-order valence-corrected chi connectivity index (χ3v) is 4.35. The van der Waals surface area contributed by atoms with Crippen LogP contribution >= 0.6 is 11.6 Å². The van der Waals surface area contributed by atoms with Gasteiger partial charge in [0.2, 0.25) is 0 Å². The van der Waals surface area contributed by atoms with Crippen molar-refractivity contribution >= 4 is 23.5 Å². The van der Waals surface area contributed by atoms with E-state index in [2.05, 4.69) is 0 Å². The zero-order valence-corrected chi connectivity index (χ0v) is 13.4. The van der Waals surface area contributed by atoms with E-state index in [9.17, 15) is 9.59 Å². The fourth-order valence-corrected chi connectivity index (χ4v) is 2.98. The van der Waals surface area contributed by atoms with Gasteiger partial charge >= 0.3 is 5.97 Å². The molecule has 1 aliphatic heterocycles. The van der Waals surface area contributed by atoms with Crippen LogP contribution in [-0.4, -0.2) is 29.9 Å². The molecule has 0 saturated carbocycles. The number of rotatable bonds is 3. The average molecular weight is 330 g/mol. The van der Waals surface area contributed by atoms with Gasteiger partial charge in [0.25, 0.3) is 5.91 Å². The molecule has 0 spiro atoms. The Morgan fingerprint density at radius 1 is 1.09 bits per heavy atom. The number of halogens is 1. The topological polar surface area (TPSA) is 46.6 Å². The minimum Gasteiger partial charge on any atom is -0.467 e. The number of likely N-dealkylation sites (tertiary alicyclic amines) is 1. The average Bonchev–Trinajstić information content (AvgIpc) is 2.56. The molecule has 1 fully saturated rings. The third-order valence-electron chi connectivity index (χ3n) is 4.10. The Morgan fingerprint density at radius 2 is 1.74 bits per heavy atom. The summed E-state index contributed by atoms with van der Waals surface area (Å²) >= 11 is 5.92. The van der Waals surface area contributed by atoms with Crippen molar-refractivity contribution in [1.29, 1.82) is 0 Å². The zero-order chi connectivity index (χ0) is 16.4. The van der Waals surface area contributed by atoms with Gasteiger partial charge in [0.1, 0.15) is 6.04 Å². The lowest BCUT2D eigenvalue weighted by molar-refractivity contribution is -0.153. The Kier molecular flexibility index (Phi) is 4.35. The predicted octanol–water partition coefficient (Wildman–Crippen LogP) is 3.47. The lowest BCUT2D eigenvalue weighted by Crippen LogP contribution is -2.57. The number of carbonyl (C=O) groups is 2. The standard InChI is InChI=1S/C18H16ClNO3/c1-23-18(22)16-11-15(12-7-9-14(19)10-8-12)20(16)17(21)13-5-3-2-4-6-13/h2-10,15-16H,11H2,1H3/t15-,16-/m1/s1. The quantitative estimate of drug-likeness (QED) is 0.810. The Bertz CT molecular complexity index is 715. The molecule has 23 heavy (non-hydrogen) atoms. The molecule has 5 heteroatoms. The molecular formula is C18H16ClNO3. The minimum atomic E-state index is -0.548. The summed E-state index contributed by atoms with van der Waals surface area (Å²) < 4.78 is 4.82. The first-order valence-electron chi connectivity index (χ1n) is 7.33. The summed E-state index contributed by atoms with van der Waals surface area (Å²) in [6.45, 7) is 0. The summed E-state index contributed by atoms with van der Waals surface area (Å²) in [5.74, 6) is -0.563. The number of hydrogen-bond acceptors (Lipinski definition) is 3. The van der Waals surface area contributed by atoms with Gasteiger partial charge in [-0.25, -0.2) is 4.79 Å². The van der Waals surface area contributed by atoms with E-state index in [4.69, 9.17) is 16.3 Å². The maximum Gasteiger partial charge on any atom is 0.328 e. The van der Waals surface area contributed by atoms with Crippen molar-refractivity contribution in [2.24, 2.45) is 0 Å². The molecule has 2 aromatic carbocycles. The highest BCUT2D eigenvalue weighted by Crippen LogP contribution is 2.40. The summed E-state index contributed by atoms with van der Waals surface area (Å²) in [6, 6.07) is 15.6.